The van der Waals surface area contributed by atoms with E-state index in [1.807, 2.05) is 0 Å². The van der Waals surface area contributed by atoms with Gasteiger partial charge in [0.25, 0.3) is 11.8 Å². The highest BCUT2D eigenvalue weighted by Gasteiger charge is 2.24. The van der Waals surface area contributed by atoms with E-state index in [0.717, 1.165) is 0 Å². The number of rotatable bonds is 7. The third-order valence-electron chi connectivity index (χ3n) is 3.53. The first-order valence-corrected chi connectivity index (χ1v) is 7.92. The fourth-order valence-electron chi connectivity index (χ4n) is 2.23. The highest BCUT2D eigenvalue weighted by Crippen LogP contribution is 2.38. The minimum atomic E-state index is -0.771. The summed E-state index contributed by atoms with van der Waals surface area (Å²) in [6.07, 6.45) is 0. The number of hydrogen-bond donors (Lipinski definition) is 3. The van der Waals surface area contributed by atoms with Crippen LogP contribution in [0.15, 0.2) is 12.1 Å². The number of benzene rings is 1. The van der Waals surface area contributed by atoms with E-state index < -0.39 is 17.9 Å². The Bertz CT molecular complexity index is 649. The van der Waals surface area contributed by atoms with Gasteiger partial charge < -0.3 is 19.5 Å². The molecule has 3 N–H and O–H groups in total. The largest absolute Gasteiger partial charge is 0.493 e. The van der Waals surface area contributed by atoms with E-state index in [1.165, 1.54) is 40.4 Å². The monoisotopic (exact) mass is 367 g/mol. The lowest BCUT2D eigenvalue weighted by Gasteiger charge is -2.21. The molecule has 1 aromatic rings. The van der Waals surface area contributed by atoms with Crippen LogP contribution in [0, 0.1) is 5.92 Å². The predicted octanol–water partition coefficient (Wildman–Crippen LogP) is 0.634. The minimum absolute atomic E-state index is 0.156. The first-order valence-electron chi connectivity index (χ1n) is 7.92. The van der Waals surface area contributed by atoms with Gasteiger partial charge in [-0.25, -0.2) is 0 Å². The summed E-state index contributed by atoms with van der Waals surface area (Å²) in [7, 11) is 4.32. The first-order chi connectivity index (χ1) is 12.2. The molecule has 0 aliphatic rings. The van der Waals surface area contributed by atoms with Crippen LogP contribution in [0.5, 0.6) is 17.2 Å². The molecule has 0 radical (unpaired) electrons. The molecule has 9 heteroatoms. The molecule has 0 saturated carbocycles. The fourth-order valence-corrected chi connectivity index (χ4v) is 2.23. The highest BCUT2D eigenvalue weighted by atomic mass is 16.5. The van der Waals surface area contributed by atoms with Gasteiger partial charge in [0.2, 0.25) is 11.7 Å². The van der Waals surface area contributed by atoms with E-state index in [9.17, 15) is 14.4 Å². The minimum Gasteiger partial charge on any atom is -0.493 e. The maximum Gasteiger partial charge on any atom is 0.269 e. The first kappa shape index (κ1) is 21.1. The van der Waals surface area contributed by atoms with Crippen molar-refractivity contribution in [1.29, 1.82) is 0 Å². The quantitative estimate of drug-likeness (QED) is 0.609. The number of carbonyl (C=O) groups excluding carboxylic acids is 3. The molecule has 1 atom stereocenters. The van der Waals surface area contributed by atoms with Gasteiger partial charge in [-0.1, -0.05) is 13.8 Å². The van der Waals surface area contributed by atoms with Crippen molar-refractivity contribution in [1.82, 2.24) is 16.2 Å². The van der Waals surface area contributed by atoms with Gasteiger partial charge in [-0.3, -0.25) is 25.2 Å². The molecule has 0 heterocycles. The Morgan fingerprint density at radius 3 is 1.85 bits per heavy atom. The number of amides is 3. The number of hydrogen-bond acceptors (Lipinski definition) is 6. The molecular weight excluding hydrogens is 342 g/mol. The molecule has 0 aromatic heterocycles. The van der Waals surface area contributed by atoms with E-state index in [0.29, 0.717) is 17.2 Å². The number of hydrazine groups is 1. The Morgan fingerprint density at radius 2 is 1.46 bits per heavy atom. The zero-order valence-electron chi connectivity index (χ0n) is 15.8. The van der Waals surface area contributed by atoms with Crippen LogP contribution >= 0.6 is 0 Å². The van der Waals surface area contributed by atoms with Gasteiger partial charge in [0.15, 0.2) is 11.5 Å². The maximum atomic E-state index is 12.3. The molecule has 9 nitrogen and oxygen atoms in total. The second-order valence-corrected chi connectivity index (χ2v) is 5.78. The maximum absolute atomic E-state index is 12.3. The molecule has 1 aromatic carbocycles. The van der Waals surface area contributed by atoms with Gasteiger partial charge in [-0.05, 0) is 18.1 Å². The van der Waals surface area contributed by atoms with E-state index in [1.54, 1.807) is 13.8 Å². The summed E-state index contributed by atoms with van der Waals surface area (Å²) >= 11 is 0. The Morgan fingerprint density at radius 1 is 0.923 bits per heavy atom. The summed E-state index contributed by atoms with van der Waals surface area (Å²) < 4.78 is 15.6. The van der Waals surface area contributed by atoms with Crippen molar-refractivity contribution in [3.8, 4) is 17.2 Å². The number of methoxy groups -OCH3 is 3. The molecule has 0 bridgehead atoms. The number of ether oxygens (including phenoxy) is 3. The Kier molecular flexibility index (Phi) is 7.70. The van der Waals surface area contributed by atoms with Crippen LogP contribution in [0.1, 0.15) is 31.1 Å². The van der Waals surface area contributed by atoms with Gasteiger partial charge in [0, 0.05) is 12.5 Å². The summed E-state index contributed by atoms with van der Waals surface area (Å²) in [5.74, 6) is -0.643. The molecule has 144 valence electrons. The molecule has 0 aliphatic heterocycles. The SMILES string of the molecule is COc1cc(C(=O)NNC(=O)[C@H](NC(C)=O)C(C)C)cc(OC)c1OC. The Labute approximate surface area is 152 Å². The molecule has 0 unspecified atom stereocenters. The fraction of sp³-hybridized carbons (Fsp3) is 0.471. The number of nitrogens with one attached hydrogen (secondary N) is 3. The van der Waals surface area contributed by atoms with Crippen LogP contribution in [-0.2, 0) is 9.59 Å². The summed E-state index contributed by atoms with van der Waals surface area (Å²) in [5.41, 5.74) is 4.81. The number of carbonyl (C=O) groups is 3. The van der Waals surface area contributed by atoms with E-state index in [2.05, 4.69) is 16.2 Å². The van der Waals surface area contributed by atoms with Crippen molar-refractivity contribution in [3.05, 3.63) is 17.7 Å². The van der Waals surface area contributed by atoms with Crippen molar-refractivity contribution in [2.24, 2.45) is 5.92 Å². The van der Waals surface area contributed by atoms with Gasteiger partial charge in [0.05, 0.1) is 21.3 Å². The zero-order valence-corrected chi connectivity index (χ0v) is 15.8. The third kappa shape index (κ3) is 5.27. The molecule has 26 heavy (non-hydrogen) atoms. The van der Waals surface area contributed by atoms with Crippen molar-refractivity contribution in [2.75, 3.05) is 21.3 Å². The van der Waals surface area contributed by atoms with E-state index >= 15 is 0 Å². The summed E-state index contributed by atoms with van der Waals surface area (Å²) in [5, 5.41) is 2.54. The van der Waals surface area contributed by atoms with E-state index in [-0.39, 0.29) is 17.4 Å². The predicted molar refractivity (Wildman–Crippen MR) is 94.1 cm³/mol. The molecule has 1 rings (SSSR count). The second-order valence-electron chi connectivity index (χ2n) is 5.78. The molecule has 3 amide bonds. The average Bonchev–Trinajstić information content (AvgIpc) is 2.61. The lowest BCUT2D eigenvalue weighted by atomic mass is 10.0. The Balaban J connectivity index is 2.91. The standard InChI is InChI=1S/C17H25N3O6/c1-9(2)14(18-10(3)21)17(23)20-19-16(22)11-7-12(24-4)15(26-6)13(8-11)25-5/h7-9,14H,1-6H3,(H,18,21)(H,19,22)(H,20,23)/t14-/m1/s1. The molecule has 0 spiro atoms. The Hall–Kier alpha value is -2.97. The second kappa shape index (κ2) is 9.50. The van der Waals surface area contributed by atoms with Crippen LogP contribution in [0.3, 0.4) is 0 Å². The van der Waals surface area contributed by atoms with E-state index in [4.69, 9.17) is 14.2 Å². The van der Waals surface area contributed by atoms with Crippen LogP contribution in [0.2, 0.25) is 0 Å². The van der Waals surface area contributed by atoms with Gasteiger partial charge >= 0.3 is 0 Å². The van der Waals surface area contributed by atoms with Gasteiger partial charge in [0.1, 0.15) is 6.04 Å². The molecule has 0 aliphatic carbocycles. The zero-order chi connectivity index (χ0) is 19.9. The highest BCUT2D eigenvalue weighted by molar-refractivity contribution is 5.97. The molecule has 0 fully saturated rings. The van der Waals surface area contributed by atoms with Crippen LogP contribution in [0.4, 0.5) is 0 Å². The smallest absolute Gasteiger partial charge is 0.269 e. The normalized spacial score (nSPS) is 11.3. The van der Waals surface area contributed by atoms with Crippen LogP contribution < -0.4 is 30.4 Å². The topological polar surface area (TPSA) is 115 Å². The lowest BCUT2D eigenvalue weighted by molar-refractivity contribution is -0.129. The molecule has 0 saturated heterocycles. The third-order valence-corrected chi connectivity index (χ3v) is 3.53. The van der Waals surface area contributed by atoms with Crippen molar-refractivity contribution in [3.63, 3.8) is 0 Å². The van der Waals surface area contributed by atoms with Gasteiger partial charge in [-0.15, -0.1) is 0 Å². The van der Waals surface area contributed by atoms with Crippen LogP contribution in [0.25, 0.3) is 0 Å². The average molecular weight is 367 g/mol. The van der Waals surface area contributed by atoms with Crippen molar-refractivity contribution in [2.45, 2.75) is 26.8 Å². The molecular formula is C17H25N3O6. The lowest BCUT2D eigenvalue weighted by Crippen LogP contribution is -2.54. The summed E-state index contributed by atoms with van der Waals surface area (Å²) in [6.45, 7) is 4.87. The summed E-state index contributed by atoms with van der Waals surface area (Å²) in [4.78, 5) is 35.7. The van der Waals surface area contributed by atoms with Crippen molar-refractivity contribution < 1.29 is 28.6 Å². The van der Waals surface area contributed by atoms with Crippen molar-refractivity contribution >= 4 is 17.7 Å². The van der Waals surface area contributed by atoms with Gasteiger partial charge in [-0.2, -0.15) is 0 Å². The van der Waals surface area contributed by atoms with Crippen LogP contribution in [-0.4, -0.2) is 45.1 Å². The summed E-state index contributed by atoms with van der Waals surface area (Å²) in [6, 6.07) is 2.14.